The monoisotopic (exact) mass is 158 g/mol. The average molecular weight is 158 g/mol. The molecule has 0 spiro atoms. The Balaban J connectivity index is 1.96. The molecule has 0 aromatic carbocycles. The topological polar surface area (TPSA) is 18.5 Å². The van der Waals surface area contributed by atoms with E-state index in [1.54, 1.807) is 7.11 Å². The third-order valence-corrected chi connectivity index (χ3v) is 2.45. The lowest BCUT2D eigenvalue weighted by Gasteiger charge is -2.20. The Morgan fingerprint density at radius 3 is 2.55 bits per heavy atom. The molecule has 0 saturated heterocycles. The van der Waals surface area contributed by atoms with Gasteiger partial charge in [-0.3, -0.25) is 0 Å². The van der Waals surface area contributed by atoms with Gasteiger partial charge in [0.2, 0.25) is 0 Å². The number of rotatable bonds is 4. The molecule has 0 heterocycles. The Bertz CT molecular complexity index is 87.6. The maximum atomic E-state index is 4.84. The second-order valence-corrected chi connectivity index (χ2v) is 3.28. The standard InChI is InChI=1S/C9H18O2/c1-10-11-8-7-9-5-3-2-4-6-9/h9H,2-8H2,1H3. The van der Waals surface area contributed by atoms with Gasteiger partial charge in [0, 0.05) is 0 Å². The molecule has 0 bridgehead atoms. The van der Waals surface area contributed by atoms with Gasteiger partial charge >= 0.3 is 0 Å². The van der Waals surface area contributed by atoms with Gasteiger partial charge in [0.05, 0.1) is 13.7 Å². The van der Waals surface area contributed by atoms with Crippen LogP contribution in [0.4, 0.5) is 0 Å². The zero-order valence-corrected chi connectivity index (χ0v) is 7.34. The van der Waals surface area contributed by atoms with E-state index >= 15 is 0 Å². The van der Waals surface area contributed by atoms with Gasteiger partial charge in [-0.1, -0.05) is 32.1 Å². The third-order valence-electron chi connectivity index (χ3n) is 2.45. The molecule has 66 valence electrons. The van der Waals surface area contributed by atoms with Crippen molar-refractivity contribution in [2.75, 3.05) is 13.7 Å². The van der Waals surface area contributed by atoms with Crippen molar-refractivity contribution in [2.24, 2.45) is 5.92 Å². The SMILES string of the molecule is COOCCC1CCCCC1. The summed E-state index contributed by atoms with van der Waals surface area (Å²) in [5.74, 6) is 0.902. The summed E-state index contributed by atoms with van der Waals surface area (Å²) in [6, 6.07) is 0. The Labute approximate surface area is 68.8 Å². The van der Waals surface area contributed by atoms with E-state index in [9.17, 15) is 0 Å². The summed E-state index contributed by atoms with van der Waals surface area (Å²) in [7, 11) is 1.57. The summed E-state index contributed by atoms with van der Waals surface area (Å²) in [6.45, 7) is 0.765. The van der Waals surface area contributed by atoms with E-state index in [0.717, 1.165) is 12.5 Å². The molecule has 2 heteroatoms. The van der Waals surface area contributed by atoms with Crippen molar-refractivity contribution >= 4 is 0 Å². The second-order valence-electron chi connectivity index (χ2n) is 3.28. The fourth-order valence-corrected chi connectivity index (χ4v) is 1.77. The maximum Gasteiger partial charge on any atom is 0.0824 e. The van der Waals surface area contributed by atoms with Gasteiger partial charge in [-0.25, -0.2) is 9.78 Å². The van der Waals surface area contributed by atoms with Crippen molar-refractivity contribution in [3.63, 3.8) is 0 Å². The maximum absolute atomic E-state index is 4.84. The van der Waals surface area contributed by atoms with Gasteiger partial charge in [-0.2, -0.15) is 0 Å². The molecule has 1 saturated carbocycles. The second kappa shape index (κ2) is 5.56. The lowest BCUT2D eigenvalue weighted by atomic mass is 9.87. The molecule has 0 aromatic heterocycles. The summed E-state index contributed by atoms with van der Waals surface area (Å²) in [6.07, 6.45) is 8.23. The van der Waals surface area contributed by atoms with Crippen LogP contribution in [0.25, 0.3) is 0 Å². The van der Waals surface area contributed by atoms with Crippen LogP contribution in [0.1, 0.15) is 38.5 Å². The predicted molar refractivity (Wildman–Crippen MR) is 44.2 cm³/mol. The fraction of sp³-hybridized carbons (Fsp3) is 1.00. The lowest BCUT2D eigenvalue weighted by Crippen LogP contribution is -2.09. The van der Waals surface area contributed by atoms with Crippen LogP contribution in [0.3, 0.4) is 0 Å². The van der Waals surface area contributed by atoms with Crippen LogP contribution in [-0.2, 0) is 9.78 Å². The van der Waals surface area contributed by atoms with Gasteiger partial charge in [0.1, 0.15) is 0 Å². The molecule has 0 unspecified atom stereocenters. The first-order chi connectivity index (χ1) is 5.43. The smallest absolute Gasteiger partial charge is 0.0824 e. The summed E-state index contributed by atoms with van der Waals surface area (Å²) < 4.78 is 0. The van der Waals surface area contributed by atoms with Crippen LogP contribution in [-0.4, -0.2) is 13.7 Å². The molecule has 2 nitrogen and oxygen atoms in total. The summed E-state index contributed by atoms with van der Waals surface area (Å²) in [5, 5.41) is 0. The third kappa shape index (κ3) is 3.73. The normalized spacial score (nSPS) is 20.5. The molecule has 1 aliphatic rings. The predicted octanol–water partition coefficient (Wildman–Crippen LogP) is 2.53. The van der Waals surface area contributed by atoms with Crippen molar-refractivity contribution in [3.8, 4) is 0 Å². The highest BCUT2D eigenvalue weighted by Gasteiger charge is 2.12. The van der Waals surface area contributed by atoms with Gasteiger partial charge in [0.25, 0.3) is 0 Å². The van der Waals surface area contributed by atoms with Crippen molar-refractivity contribution in [1.29, 1.82) is 0 Å². The first-order valence-corrected chi connectivity index (χ1v) is 4.59. The Morgan fingerprint density at radius 2 is 1.91 bits per heavy atom. The fourth-order valence-electron chi connectivity index (χ4n) is 1.77. The van der Waals surface area contributed by atoms with E-state index in [0.29, 0.717) is 0 Å². The Kier molecular flexibility index (Phi) is 4.55. The zero-order valence-electron chi connectivity index (χ0n) is 7.34. The summed E-state index contributed by atoms with van der Waals surface area (Å²) in [5.41, 5.74) is 0. The quantitative estimate of drug-likeness (QED) is 0.355. The van der Waals surface area contributed by atoms with Crippen molar-refractivity contribution in [1.82, 2.24) is 0 Å². The molecule has 0 atom stereocenters. The molecule has 11 heavy (non-hydrogen) atoms. The van der Waals surface area contributed by atoms with Crippen molar-refractivity contribution in [2.45, 2.75) is 38.5 Å². The van der Waals surface area contributed by atoms with Gasteiger partial charge < -0.3 is 0 Å². The van der Waals surface area contributed by atoms with E-state index in [2.05, 4.69) is 4.89 Å². The van der Waals surface area contributed by atoms with Crippen molar-refractivity contribution in [3.05, 3.63) is 0 Å². The van der Waals surface area contributed by atoms with E-state index in [1.807, 2.05) is 0 Å². The number of hydrogen-bond acceptors (Lipinski definition) is 2. The first-order valence-electron chi connectivity index (χ1n) is 4.59. The average Bonchev–Trinajstić information content (AvgIpc) is 2.07. The Hall–Kier alpha value is -0.0800. The van der Waals surface area contributed by atoms with Crippen LogP contribution >= 0.6 is 0 Å². The molecule has 0 N–H and O–H groups in total. The molecule has 0 amide bonds. The molecule has 0 aliphatic heterocycles. The van der Waals surface area contributed by atoms with Crippen LogP contribution < -0.4 is 0 Å². The highest BCUT2D eigenvalue weighted by molar-refractivity contribution is 4.64. The minimum Gasteiger partial charge on any atom is -0.240 e. The molecule has 0 aromatic rings. The van der Waals surface area contributed by atoms with Gasteiger partial charge in [0.15, 0.2) is 0 Å². The van der Waals surface area contributed by atoms with Crippen molar-refractivity contribution < 1.29 is 9.78 Å². The van der Waals surface area contributed by atoms with Gasteiger partial charge in [-0.15, -0.1) is 0 Å². The van der Waals surface area contributed by atoms with Gasteiger partial charge in [-0.05, 0) is 12.3 Å². The number of hydrogen-bond donors (Lipinski definition) is 0. The Morgan fingerprint density at radius 1 is 1.18 bits per heavy atom. The largest absolute Gasteiger partial charge is 0.240 e. The van der Waals surface area contributed by atoms with E-state index in [4.69, 9.17) is 4.89 Å². The molecular weight excluding hydrogens is 140 g/mol. The zero-order chi connectivity index (χ0) is 7.94. The molecule has 1 rings (SSSR count). The first kappa shape index (κ1) is 9.01. The lowest BCUT2D eigenvalue weighted by molar-refractivity contribution is -0.274. The highest BCUT2D eigenvalue weighted by atomic mass is 17.2. The summed E-state index contributed by atoms with van der Waals surface area (Å²) in [4.78, 5) is 9.37. The molecule has 0 radical (unpaired) electrons. The van der Waals surface area contributed by atoms with Crippen LogP contribution in [0, 0.1) is 5.92 Å². The van der Waals surface area contributed by atoms with Crippen LogP contribution in [0.15, 0.2) is 0 Å². The molecule has 1 aliphatic carbocycles. The highest BCUT2D eigenvalue weighted by Crippen LogP contribution is 2.25. The van der Waals surface area contributed by atoms with E-state index in [-0.39, 0.29) is 0 Å². The van der Waals surface area contributed by atoms with Crippen LogP contribution in [0.5, 0.6) is 0 Å². The van der Waals surface area contributed by atoms with Crippen LogP contribution in [0.2, 0.25) is 0 Å². The minimum atomic E-state index is 0.765. The molecule has 1 fully saturated rings. The minimum absolute atomic E-state index is 0.765. The van der Waals surface area contributed by atoms with E-state index in [1.165, 1.54) is 38.5 Å². The molecular formula is C9H18O2. The summed E-state index contributed by atoms with van der Waals surface area (Å²) >= 11 is 0. The van der Waals surface area contributed by atoms with E-state index < -0.39 is 0 Å².